The van der Waals surface area contributed by atoms with E-state index in [-0.39, 0.29) is 18.2 Å². The second-order valence-electron chi connectivity index (χ2n) is 5.92. The normalized spacial score (nSPS) is 16.2. The van der Waals surface area contributed by atoms with Gasteiger partial charge in [-0.05, 0) is 25.1 Å². The number of benzene rings is 1. The van der Waals surface area contributed by atoms with E-state index in [1.807, 2.05) is 12.0 Å². The molecule has 27 heavy (non-hydrogen) atoms. The third-order valence-corrected chi connectivity index (χ3v) is 4.08. The number of nitrogens with one attached hydrogen (secondary N) is 3. The molecule has 2 heterocycles. The van der Waals surface area contributed by atoms with Gasteiger partial charge in [0.25, 0.3) is 0 Å². The van der Waals surface area contributed by atoms with Gasteiger partial charge in [0.1, 0.15) is 17.2 Å². The van der Waals surface area contributed by atoms with Crippen molar-refractivity contribution in [1.29, 1.82) is 0 Å². The van der Waals surface area contributed by atoms with Gasteiger partial charge in [0.05, 0.1) is 25.5 Å². The summed E-state index contributed by atoms with van der Waals surface area (Å²) in [6.45, 7) is 2.49. The summed E-state index contributed by atoms with van der Waals surface area (Å²) < 4.78 is 49.5. The average Bonchev–Trinajstić information content (AvgIpc) is 3.10. The van der Waals surface area contributed by atoms with E-state index in [2.05, 4.69) is 15.7 Å². The second-order valence-corrected chi connectivity index (χ2v) is 5.92. The van der Waals surface area contributed by atoms with Crippen LogP contribution in [0.2, 0.25) is 0 Å². The van der Waals surface area contributed by atoms with Crippen LogP contribution in [-0.2, 0) is 12.7 Å². The predicted molar refractivity (Wildman–Crippen MR) is 89.4 cm³/mol. The molecule has 7 nitrogen and oxygen atoms in total. The summed E-state index contributed by atoms with van der Waals surface area (Å²) in [5, 5.41) is 10.5. The van der Waals surface area contributed by atoms with Crippen molar-refractivity contribution in [2.75, 3.05) is 13.2 Å². The molecule has 0 saturated heterocycles. The zero-order chi connectivity index (χ0) is 19.4. The van der Waals surface area contributed by atoms with Crippen molar-refractivity contribution < 1.29 is 27.4 Å². The summed E-state index contributed by atoms with van der Waals surface area (Å²) in [5.41, 5.74) is -0.342. The molecule has 3 rings (SSSR count). The Bertz CT molecular complexity index is 807. The Kier molecular flexibility index (Phi) is 5.43. The number of ether oxygens (including phenoxy) is 2. The molecule has 1 atom stereocenters. The number of fused-ring (bicyclic) bond motifs is 1. The van der Waals surface area contributed by atoms with E-state index in [9.17, 15) is 18.0 Å². The van der Waals surface area contributed by atoms with Gasteiger partial charge in [-0.3, -0.25) is 5.10 Å². The van der Waals surface area contributed by atoms with Gasteiger partial charge in [-0.1, -0.05) is 0 Å². The van der Waals surface area contributed by atoms with E-state index in [1.54, 1.807) is 18.2 Å². The molecule has 2 aromatic rings. The van der Waals surface area contributed by atoms with Crippen LogP contribution in [0.1, 0.15) is 36.2 Å². The maximum atomic E-state index is 12.8. The highest BCUT2D eigenvalue weighted by Crippen LogP contribution is 2.35. The van der Waals surface area contributed by atoms with Crippen molar-refractivity contribution >= 4 is 6.03 Å². The summed E-state index contributed by atoms with van der Waals surface area (Å²) >= 11 is 0. The lowest BCUT2D eigenvalue weighted by atomic mass is 10.0. The van der Waals surface area contributed by atoms with Gasteiger partial charge in [0.2, 0.25) is 0 Å². The molecule has 0 aliphatic carbocycles. The molecule has 0 bridgehead atoms. The molecule has 10 heteroatoms. The number of urea groups is 1. The first-order valence-corrected chi connectivity index (χ1v) is 8.41. The first-order valence-electron chi connectivity index (χ1n) is 8.41. The molecular formula is C17H19F3N4O3. The topological polar surface area (TPSA) is 88.3 Å². The van der Waals surface area contributed by atoms with Crippen LogP contribution in [0.25, 0.3) is 0 Å². The van der Waals surface area contributed by atoms with E-state index in [4.69, 9.17) is 9.47 Å². The lowest BCUT2D eigenvalue weighted by Crippen LogP contribution is -2.39. The van der Waals surface area contributed by atoms with E-state index in [0.717, 1.165) is 11.8 Å². The SMILES string of the molecule is CCOc1ccc2c(c1)C(NC(=O)NCc1cn[nH]c1C(F)(F)F)CCO2. The van der Waals surface area contributed by atoms with Gasteiger partial charge >= 0.3 is 12.2 Å². The number of H-pyrrole nitrogens is 1. The molecule has 146 valence electrons. The van der Waals surface area contributed by atoms with Crippen molar-refractivity contribution in [2.45, 2.75) is 32.1 Å². The number of carbonyl (C=O) groups excluding carboxylic acids is 1. The second kappa shape index (κ2) is 7.77. The van der Waals surface area contributed by atoms with Crippen LogP contribution in [-0.4, -0.2) is 29.4 Å². The average molecular weight is 384 g/mol. The minimum Gasteiger partial charge on any atom is -0.494 e. The molecule has 0 spiro atoms. The van der Waals surface area contributed by atoms with Crippen LogP contribution >= 0.6 is 0 Å². The third-order valence-electron chi connectivity index (χ3n) is 4.08. The summed E-state index contributed by atoms with van der Waals surface area (Å²) in [4.78, 5) is 12.2. The molecular weight excluding hydrogens is 365 g/mol. The molecule has 2 amide bonds. The number of hydrogen-bond donors (Lipinski definition) is 3. The maximum absolute atomic E-state index is 12.8. The zero-order valence-electron chi connectivity index (χ0n) is 14.5. The number of alkyl halides is 3. The largest absolute Gasteiger partial charge is 0.494 e. The number of aromatic amines is 1. The monoisotopic (exact) mass is 384 g/mol. The van der Waals surface area contributed by atoms with Gasteiger partial charge in [-0.15, -0.1) is 0 Å². The number of halogens is 3. The molecule has 3 N–H and O–H groups in total. The van der Waals surface area contributed by atoms with Gasteiger partial charge in [-0.25, -0.2) is 4.79 Å². The molecule has 1 unspecified atom stereocenters. The van der Waals surface area contributed by atoms with E-state index in [1.165, 1.54) is 0 Å². The van der Waals surface area contributed by atoms with Crippen LogP contribution in [0.4, 0.5) is 18.0 Å². The Balaban J connectivity index is 1.64. The quantitative estimate of drug-likeness (QED) is 0.739. The Hall–Kier alpha value is -2.91. The Morgan fingerprint density at radius 1 is 1.44 bits per heavy atom. The van der Waals surface area contributed by atoms with Crippen molar-refractivity contribution in [2.24, 2.45) is 0 Å². The van der Waals surface area contributed by atoms with Crippen LogP contribution < -0.4 is 20.1 Å². The number of aromatic nitrogens is 2. The lowest BCUT2D eigenvalue weighted by Gasteiger charge is -2.27. The van der Waals surface area contributed by atoms with E-state index < -0.39 is 17.9 Å². The Morgan fingerprint density at radius 2 is 2.26 bits per heavy atom. The fourth-order valence-electron chi connectivity index (χ4n) is 2.85. The van der Waals surface area contributed by atoms with E-state index in [0.29, 0.717) is 31.1 Å². The summed E-state index contributed by atoms with van der Waals surface area (Å²) in [6.07, 6.45) is -2.98. The van der Waals surface area contributed by atoms with Gasteiger partial charge in [0.15, 0.2) is 0 Å². The molecule has 1 aliphatic heterocycles. The summed E-state index contributed by atoms with van der Waals surface area (Å²) in [7, 11) is 0. The van der Waals surface area contributed by atoms with Crippen molar-refractivity contribution in [1.82, 2.24) is 20.8 Å². The number of nitrogens with zero attached hydrogens (tertiary/aromatic N) is 1. The first kappa shape index (κ1) is 18.9. The standard InChI is InChI=1S/C17H19F3N4O3/c1-2-26-11-3-4-14-12(7-11)13(5-6-27-14)23-16(25)21-8-10-9-22-24-15(10)17(18,19)20/h3-4,7,9,13H,2,5-6,8H2,1H3,(H,22,24)(H2,21,23,25). The molecule has 1 aliphatic rings. The summed E-state index contributed by atoms with van der Waals surface area (Å²) in [5.74, 6) is 1.30. The highest BCUT2D eigenvalue weighted by atomic mass is 19.4. The molecule has 0 fully saturated rings. The number of carbonyl (C=O) groups is 1. The lowest BCUT2D eigenvalue weighted by molar-refractivity contribution is -0.141. The zero-order valence-corrected chi connectivity index (χ0v) is 14.5. The first-order chi connectivity index (χ1) is 12.9. The highest BCUT2D eigenvalue weighted by molar-refractivity contribution is 5.74. The Morgan fingerprint density at radius 3 is 3.00 bits per heavy atom. The fourth-order valence-corrected chi connectivity index (χ4v) is 2.85. The number of rotatable bonds is 5. The van der Waals surface area contributed by atoms with Gasteiger partial charge in [0, 0.05) is 24.1 Å². The predicted octanol–water partition coefficient (Wildman–Crippen LogP) is 3.15. The van der Waals surface area contributed by atoms with Gasteiger partial charge < -0.3 is 20.1 Å². The van der Waals surface area contributed by atoms with Crippen LogP contribution in [0.3, 0.4) is 0 Å². The number of amides is 2. The van der Waals surface area contributed by atoms with Crippen molar-refractivity contribution in [3.8, 4) is 11.5 Å². The van der Waals surface area contributed by atoms with E-state index >= 15 is 0 Å². The third kappa shape index (κ3) is 4.44. The van der Waals surface area contributed by atoms with Crippen LogP contribution in [0.5, 0.6) is 11.5 Å². The molecule has 0 saturated carbocycles. The molecule has 1 aromatic carbocycles. The number of hydrogen-bond acceptors (Lipinski definition) is 4. The minimum atomic E-state index is -4.56. The van der Waals surface area contributed by atoms with Crippen LogP contribution in [0.15, 0.2) is 24.4 Å². The fraction of sp³-hybridized carbons (Fsp3) is 0.412. The van der Waals surface area contributed by atoms with Crippen LogP contribution in [0, 0.1) is 0 Å². The summed E-state index contributed by atoms with van der Waals surface area (Å²) in [6, 6.07) is 4.43. The highest BCUT2D eigenvalue weighted by Gasteiger charge is 2.35. The van der Waals surface area contributed by atoms with Crippen molar-refractivity contribution in [3.05, 3.63) is 41.2 Å². The molecule has 0 radical (unpaired) electrons. The Labute approximate surface area is 153 Å². The smallest absolute Gasteiger partial charge is 0.433 e. The molecule has 1 aromatic heterocycles. The minimum absolute atomic E-state index is 0.136. The van der Waals surface area contributed by atoms with Gasteiger partial charge in [-0.2, -0.15) is 18.3 Å². The maximum Gasteiger partial charge on any atom is 0.433 e. The van der Waals surface area contributed by atoms with Crippen molar-refractivity contribution in [3.63, 3.8) is 0 Å².